The van der Waals surface area contributed by atoms with Crippen molar-refractivity contribution in [2.24, 2.45) is 0 Å². The number of unbranched alkanes of at least 4 members (excludes halogenated alkanes) is 11. The molecule has 0 aromatic rings. The van der Waals surface area contributed by atoms with Crippen molar-refractivity contribution in [3.05, 3.63) is 24.3 Å². The van der Waals surface area contributed by atoms with Crippen molar-refractivity contribution in [3.8, 4) is 0 Å². The number of rotatable bonds is 29. The van der Waals surface area contributed by atoms with Crippen LogP contribution in [0.1, 0.15) is 123 Å². The molecule has 252 valence electrons. The van der Waals surface area contributed by atoms with Crippen LogP contribution in [-0.2, 0) is 32.7 Å². The summed E-state index contributed by atoms with van der Waals surface area (Å²) in [7, 11) is 1.15. The Hall–Kier alpha value is -1.51. The quantitative estimate of drug-likeness (QED) is 0.0275. The first-order chi connectivity index (χ1) is 20.5. The van der Waals surface area contributed by atoms with Crippen molar-refractivity contribution in [1.82, 2.24) is 0 Å². The highest BCUT2D eigenvalue weighted by atomic mass is 31.2. The number of hydrogen-bond donors (Lipinski definition) is 0. The summed E-state index contributed by atoms with van der Waals surface area (Å²) in [6, 6.07) is 0. The van der Waals surface area contributed by atoms with Crippen LogP contribution in [0.25, 0.3) is 0 Å². The molecule has 2 unspecified atom stereocenters. The van der Waals surface area contributed by atoms with Crippen molar-refractivity contribution in [2.75, 3.05) is 47.5 Å². The molecule has 0 heterocycles. The Kier molecular flexibility index (Phi) is 25.9. The van der Waals surface area contributed by atoms with Crippen LogP contribution in [0.4, 0.5) is 0 Å². The lowest BCUT2D eigenvalue weighted by molar-refractivity contribution is -0.870. The Bertz CT molecular complexity index is 809. The molecular formula is C33H62NO8P. The van der Waals surface area contributed by atoms with Crippen LogP contribution in [-0.4, -0.2) is 70.0 Å². The molecule has 9 nitrogen and oxygen atoms in total. The molecule has 0 aliphatic heterocycles. The maximum atomic E-state index is 12.5. The molecule has 10 heteroatoms. The Morgan fingerprint density at radius 3 is 1.91 bits per heavy atom. The van der Waals surface area contributed by atoms with Gasteiger partial charge in [-0.1, -0.05) is 95.9 Å². The molecule has 2 atom stereocenters. The number of likely N-dealkylation sites (N-methyl/N-ethyl adjacent to an activating group) is 1. The number of ether oxygens (including phenoxy) is 2. The third-order valence-corrected chi connectivity index (χ3v) is 7.69. The summed E-state index contributed by atoms with van der Waals surface area (Å²) in [4.78, 5) is 36.9. The monoisotopic (exact) mass is 631 g/mol. The van der Waals surface area contributed by atoms with Gasteiger partial charge in [0.1, 0.15) is 19.8 Å². The smallest absolute Gasteiger partial charge is 0.306 e. The maximum absolute atomic E-state index is 12.5. The van der Waals surface area contributed by atoms with Gasteiger partial charge in [-0.25, -0.2) is 0 Å². The van der Waals surface area contributed by atoms with E-state index in [0.29, 0.717) is 17.4 Å². The van der Waals surface area contributed by atoms with E-state index < -0.39 is 32.5 Å². The SMILES string of the molecule is CCCC/C=C\C/C=C\CCCCCCCC(=O)OC(COC(=O)CCCCCCC)COP(=O)([O-])OCC[N+](C)(C)C. The molecule has 0 saturated heterocycles. The van der Waals surface area contributed by atoms with Gasteiger partial charge in [-0.05, 0) is 38.5 Å². The van der Waals surface area contributed by atoms with Crippen LogP contribution in [0.3, 0.4) is 0 Å². The molecule has 43 heavy (non-hydrogen) atoms. The Morgan fingerprint density at radius 2 is 1.28 bits per heavy atom. The first-order valence-electron chi connectivity index (χ1n) is 16.5. The number of phosphoric ester groups is 1. The number of carbonyl (C=O) groups excluding carboxylic acids is 2. The lowest BCUT2D eigenvalue weighted by atomic mass is 10.1. The molecule has 0 aliphatic rings. The fraction of sp³-hybridized carbons (Fsp3) is 0.818. The van der Waals surface area contributed by atoms with E-state index in [1.54, 1.807) is 0 Å². The van der Waals surface area contributed by atoms with E-state index in [1.165, 1.54) is 12.8 Å². The van der Waals surface area contributed by atoms with Crippen LogP contribution >= 0.6 is 7.82 Å². The van der Waals surface area contributed by atoms with Crippen molar-refractivity contribution >= 4 is 19.8 Å². The van der Waals surface area contributed by atoms with Crippen LogP contribution in [0.2, 0.25) is 0 Å². The molecule has 0 saturated carbocycles. The van der Waals surface area contributed by atoms with E-state index in [2.05, 4.69) is 38.2 Å². The minimum absolute atomic E-state index is 0.0332. The summed E-state index contributed by atoms with van der Waals surface area (Å²) in [6.07, 6.45) is 23.9. The molecule has 0 rings (SSSR count). The lowest BCUT2D eigenvalue weighted by Crippen LogP contribution is -2.37. The normalized spacial score (nSPS) is 14.3. The van der Waals surface area contributed by atoms with Gasteiger partial charge in [0.25, 0.3) is 7.82 Å². The van der Waals surface area contributed by atoms with Gasteiger partial charge in [0.05, 0.1) is 27.7 Å². The highest BCUT2D eigenvalue weighted by Gasteiger charge is 2.21. The maximum Gasteiger partial charge on any atom is 0.306 e. The van der Waals surface area contributed by atoms with Gasteiger partial charge in [0.15, 0.2) is 6.10 Å². The molecule has 0 aliphatic carbocycles. The number of hydrogen-bond acceptors (Lipinski definition) is 8. The summed E-state index contributed by atoms with van der Waals surface area (Å²) >= 11 is 0. The topological polar surface area (TPSA) is 111 Å². The molecular weight excluding hydrogens is 569 g/mol. The Labute approximate surface area is 262 Å². The molecule has 0 spiro atoms. The van der Waals surface area contributed by atoms with Crippen LogP contribution in [0.5, 0.6) is 0 Å². The summed E-state index contributed by atoms with van der Waals surface area (Å²) in [5.74, 6) is -0.869. The van der Waals surface area contributed by atoms with Gasteiger partial charge < -0.3 is 27.9 Å². The van der Waals surface area contributed by atoms with Gasteiger partial charge in [-0.2, -0.15) is 0 Å². The highest BCUT2D eigenvalue weighted by molar-refractivity contribution is 7.45. The zero-order valence-electron chi connectivity index (χ0n) is 27.9. The summed E-state index contributed by atoms with van der Waals surface area (Å²) in [5.41, 5.74) is 0. The van der Waals surface area contributed by atoms with Gasteiger partial charge in [-0.15, -0.1) is 0 Å². The number of allylic oxidation sites excluding steroid dienone is 4. The second kappa shape index (κ2) is 26.9. The second-order valence-electron chi connectivity index (χ2n) is 12.2. The molecule has 0 amide bonds. The molecule has 0 aromatic carbocycles. The third kappa shape index (κ3) is 30.3. The highest BCUT2D eigenvalue weighted by Crippen LogP contribution is 2.38. The zero-order chi connectivity index (χ0) is 32.2. The fourth-order valence-corrected chi connectivity index (χ4v) is 4.75. The summed E-state index contributed by atoms with van der Waals surface area (Å²) in [5, 5.41) is 0. The largest absolute Gasteiger partial charge is 0.756 e. The average Bonchev–Trinajstić information content (AvgIpc) is 2.93. The first-order valence-corrected chi connectivity index (χ1v) is 18.0. The fourth-order valence-electron chi connectivity index (χ4n) is 4.02. The van der Waals surface area contributed by atoms with Crippen molar-refractivity contribution in [1.29, 1.82) is 0 Å². The van der Waals surface area contributed by atoms with E-state index in [4.69, 9.17) is 18.5 Å². The standard InChI is InChI=1S/C33H62NO8P/c1-6-8-10-12-13-14-15-16-17-18-19-20-22-24-26-33(36)42-31(29-39-32(35)25-23-21-11-9-7-2)30-41-43(37,38)40-28-27-34(3,4)5/h12-13,15-16,31H,6-11,14,17-30H2,1-5H3/b13-12-,16-15-. The van der Waals surface area contributed by atoms with Gasteiger partial charge >= 0.3 is 11.9 Å². The minimum Gasteiger partial charge on any atom is -0.756 e. The molecule has 0 bridgehead atoms. The van der Waals surface area contributed by atoms with E-state index in [-0.39, 0.29) is 26.1 Å². The Balaban J connectivity index is 4.46. The van der Waals surface area contributed by atoms with Crippen molar-refractivity contribution in [3.63, 3.8) is 0 Å². The predicted molar refractivity (Wildman–Crippen MR) is 171 cm³/mol. The average molecular weight is 632 g/mol. The second-order valence-corrected chi connectivity index (χ2v) is 13.6. The minimum atomic E-state index is -4.60. The number of carbonyl (C=O) groups is 2. The predicted octanol–water partition coefficient (Wildman–Crippen LogP) is 7.43. The molecule has 0 fully saturated rings. The van der Waals surface area contributed by atoms with Crippen LogP contribution in [0.15, 0.2) is 24.3 Å². The van der Waals surface area contributed by atoms with Crippen LogP contribution in [0, 0.1) is 0 Å². The van der Waals surface area contributed by atoms with Crippen molar-refractivity contribution in [2.45, 2.75) is 129 Å². The van der Waals surface area contributed by atoms with E-state index in [1.807, 2.05) is 21.1 Å². The zero-order valence-corrected chi connectivity index (χ0v) is 28.8. The number of phosphoric acid groups is 1. The summed E-state index contributed by atoms with van der Waals surface area (Å²) < 4.78 is 33.4. The van der Waals surface area contributed by atoms with Crippen LogP contribution < -0.4 is 4.89 Å². The van der Waals surface area contributed by atoms with Gasteiger partial charge in [0.2, 0.25) is 0 Å². The third-order valence-electron chi connectivity index (χ3n) is 6.72. The molecule has 0 N–H and O–H groups in total. The lowest BCUT2D eigenvalue weighted by Gasteiger charge is -2.28. The molecule has 0 aromatic heterocycles. The van der Waals surface area contributed by atoms with E-state index in [9.17, 15) is 19.0 Å². The molecule has 0 radical (unpaired) electrons. The first kappa shape index (κ1) is 41.5. The van der Waals surface area contributed by atoms with Gasteiger partial charge in [0, 0.05) is 12.8 Å². The Morgan fingerprint density at radius 1 is 0.721 bits per heavy atom. The van der Waals surface area contributed by atoms with Crippen molar-refractivity contribution < 1.29 is 42.1 Å². The number of nitrogens with zero attached hydrogens (tertiary/aromatic N) is 1. The summed E-state index contributed by atoms with van der Waals surface area (Å²) in [6.45, 7) is 4.03. The van der Waals surface area contributed by atoms with E-state index >= 15 is 0 Å². The van der Waals surface area contributed by atoms with Gasteiger partial charge in [-0.3, -0.25) is 14.2 Å². The number of quaternary nitrogens is 1. The number of esters is 2. The van der Waals surface area contributed by atoms with E-state index in [0.717, 1.165) is 77.0 Å².